The van der Waals surface area contributed by atoms with Crippen LogP contribution in [0.3, 0.4) is 0 Å². The van der Waals surface area contributed by atoms with Gasteiger partial charge in [-0.15, -0.1) is 0 Å². The van der Waals surface area contributed by atoms with E-state index in [0.717, 1.165) is 89.9 Å². The highest BCUT2D eigenvalue weighted by molar-refractivity contribution is 5.98. The van der Waals surface area contributed by atoms with Crippen LogP contribution in [0, 0.1) is 0 Å². The highest BCUT2D eigenvalue weighted by atomic mass is 15.1. The Bertz CT molecular complexity index is 2740. The van der Waals surface area contributed by atoms with E-state index in [1.165, 1.54) is 0 Å². The summed E-state index contributed by atoms with van der Waals surface area (Å²) in [6.07, 6.45) is 25.2. The van der Waals surface area contributed by atoms with Gasteiger partial charge in [0, 0.05) is 0 Å². The Labute approximate surface area is 294 Å². The zero-order valence-corrected chi connectivity index (χ0v) is 29.8. The van der Waals surface area contributed by atoms with Gasteiger partial charge < -0.3 is 9.97 Å². The summed E-state index contributed by atoms with van der Waals surface area (Å²) in [7, 11) is 14.4. The zero-order chi connectivity index (χ0) is 35.1. The van der Waals surface area contributed by atoms with Crippen LogP contribution in [-0.4, -0.2) is 38.6 Å². The molecule has 12 heteroatoms. The monoisotopic (exact) mass is 676 g/mol. The van der Waals surface area contributed by atoms with Crippen molar-refractivity contribution in [1.29, 1.82) is 0 Å². The van der Waals surface area contributed by atoms with Gasteiger partial charge in [-0.1, -0.05) is 0 Å². The van der Waals surface area contributed by atoms with E-state index in [1.54, 1.807) is 0 Å². The first-order valence-corrected chi connectivity index (χ1v) is 16.9. The summed E-state index contributed by atoms with van der Waals surface area (Å²) < 4.78 is 14.7. The van der Waals surface area contributed by atoms with Gasteiger partial charge in [0.1, 0.15) is 24.8 Å². The molecule has 2 aliphatic rings. The van der Waals surface area contributed by atoms with Crippen molar-refractivity contribution in [2.75, 3.05) is 0 Å². The molecule has 12 nitrogen and oxygen atoms in total. The van der Waals surface area contributed by atoms with E-state index in [4.69, 9.17) is 9.97 Å². The second-order valence-electron chi connectivity index (χ2n) is 13.7. The van der Waals surface area contributed by atoms with Crippen molar-refractivity contribution in [2.45, 2.75) is 0 Å². The average Bonchev–Trinajstić information content (AvgIpc) is 3.92. The molecular weight excluding hydrogens is 637 g/mol. The molecule has 8 bridgehead atoms. The largest absolute Gasteiger partial charge is 0.354 e. The van der Waals surface area contributed by atoms with Crippen LogP contribution in [0.1, 0.15) is 22.8 Å². The van der Waals surface area contributed by atoms with E-state index in [2.05, 4.69) is 156 Å². The smallest absolute Gasteiger partial charge is 0.243 e. The molecule has 2 aliphatic heterocycles. The quantitative estimate of drug-likeness (QED) is 0.246. The SMILES string of the molecule is Cn1c[n+](C)cc1-c1c2nc(c(-c3c[n+](C)cn3C)c3ccc([nH]3)c(-c3c[n+](C)cn3C)c3nc(c(-c4c[n+](C)c[nH]4)c4ccc1[nH]4)C=C3)C=C2. The molecule has 0 atom stereocenters. The van der Waals surface area contributed by atoms with Crippen LogP contribution in [0.15, 0.2) is 74.4 Å². The minimum absolute atomic E-state index is 0.861. The van der Waals surface area contributed by atoms with Gasteiger partial charge in [-0.05, 0) is 48.6 Å². The van der Waals surface area contributed by atoms with Crippen LogP contribution >= 0.6 is 0 Å². The highest BCUT2D eigenvalue weighted by Crippen LogP contribution is 2.37. The molecule has 252 valence electrons. The molecule has 0 aromatic carbocycles. The maximum absolute atomic E-state index is 5.41. The van der Waals surface area contributed by atoms with Crippen molar-refractivity contribution in [2.24, 2.45) is 49.3 Å². The summed E-state index contributed by atoms with van der Waals surface area (Å²) in [4.78, 5) is 21.9. The maximum atomic E-state index is 5.41. The fourth-order valence-electron chi connectivity index (χ4n) is 7.56. The van der Waals surface area contributed by atoms with Crippen molar-refractivity contribution in [3.8, 4) is 45.0 Å². The van der Waals surface area contributed by atoms with Crippen molar-refractivity contribution >= 4 is 46.4 Å². The standard InChI is InChI=1S/C39H39N12/c1-45-16-32(40-20-45)36-24-8-10-26(41-24)37(33-17-46(2)21-49(33)5)28-12-14-30(43-28)39(35-19-48(4)23-51(35)7)31-15-13-29(44-31)38(27-11-9-25(36)42-27)34-18-47(3)22-50(34)6/h8-23H,1-7H3,(H2,41,42,43,44)/q+3/p+1. The first-order chi connectivity index (χ1) is 24.6. The first kappa shape index (κ1) is 30.5. The van der Waals surface area contributed by atoms with Gasteiger partial charge in [-0.3, -0.25) is 0 Å². The minimum Gasteiger partial charge on any atom is -0.354 e. The number of hydrogen-bond acceptors (Lipinski definition) is 2. The van der Waals surface area contributed by atoms with Gasteiger partial charge in [0.2, 0.25) is 25.3 Å². The Morgan fingerprint density at radius 2 is 0.824 bits per heavy atom. The third-order valence-electron chi connectivity index (χ3n) is 9.73. The Morgan fingerprint density at radius 3 is 1.14 bits per heavy atom. The number of nitrogens with zero attached hydrogens (tertiary/aromatic N) is 9. The number of aromatic amines is 3. The molecule has 0 amide bonds. The Kier molecular flexibility index (Phi) is 6.72. The number of aromatic nitrogens is 12. The molecule has 0 saturated carbocycles. The molecule has 9 heterocycles. The van der Waals surface area contributed by atoms with Crippen molar-refractivity contribution < 1.29 is 18.3 Å². The average molecular weight is 677 g/mol. The lowest BCUT2D eigenvalue weighted by molar-refractivity contribution is -0.670. The number of imidazole rings is 4. The molecule has 0 fully saturated rings. The molecule has 51 heavy (non-hydrogen) atoms. The van der Waals surface area contributed by atoms with E-state index >= 15 is 0 Å². The van der Waals surface area contributed by atoms with Gasteiger partial charge in [0.25, 0.3) is 0 Å². The maximum Gasteiger partial charge on any atom is 0.243 e. The molecule has 0 unspecified atom stereocenters. The molecular formula is C39H40N12+4. The van der Waals surface area contributed by atoms with Gasteiger partial charge in [-0.25, -0.2) is 46.9 Å². The predicted molar refractivity (Wildman–Crippen MR) is 197 cm³/mol. The lowest BCUT2D eigenvalue weighted by Gasteiger charge is -2.03. The van der Waals surface area contributed by atoms with Crippen LogP contribution in [0.4, 0.5) is 0 Å². The number of fused-ring (bicyclic) bond motifs is 8. The number of nitrogens with one attached hydrogen (secondary N) is 3. The summed E-state index contributed by atoms with van der Waals surface area (Å²) >= 11 is 0. The molecule has 9 rings (SSSR count). The number of hydrogen-bond donors (Lipinski definition) is 3. The summed E-state index contributed by atoms with van der Waals surface area (Å²) in [6, 6.07) is 8.61. The Morgan fingerprint density at radius 1 is 0.471 bits per heavy atom. The zero-order valence-electron chi connectivity index (χ0n) is 29.8. The van der Waals surface area contributed by atoms with Crippen molar-refractivity contribution in [3.63, 3.8) is 0 Å². The van der Waals surface area contributed by atoms with Crippen molar-refractivity contribution in [3.05, 3.63) is 97.1 Å². The van der Waals surface area contributed by atoms with Gasteiger partial charge in [0.15, 0.2) is 22.8 Å². The minimum atomic E-state index is 0.861. The van der Waals surface area contributed by atoms with E-state index in [0.29, 0.717) is 0 Å². The lowest BCUT2D eigenvalue weighted by atomic mass is 10.1. The summed E-state index contributed by atoms with van der Waals surface area (Å²) in [5.41, 5.74) is 15.4. The van der Waals surface area contributed by atoms with Crippen LogP contribution in [-0.2, 0) is 49.3 Å². The van der Waals surface area contributed by atoms with E-state index in [-0.39, 0.29) is 0 Å². The van der Waals surface area contributed by atoms with E-state index in [9.17, 15) is 0 Å². The Balaban J connectivity index is 1.50. The van der Waals surface area contributed by atoms with Crippen molar-refractivity contribution in [1.82, 2.24) is 38.6 Å². The molecule has 7 aromatic rings. The summed E-state index contributed by atoms with van der Waals surface area (Å²) in [6.45, 7) is 0. The second kappa shape index (κ2) is 11.2. The van der Waals surface area contributed by atoms with Gasteiger partial charge in [-0.2, -0.15) is 0 Å². The number of rotatable bonds is 4. The van der Waals surface area contributed by atoms with E-state index in [1.807, 2.05) is 39.1 Å². The summed E-state index contributed by atoms with van der Waals surface area (Å²) in [5.74, 6) is 0. The number of aryl methyl sites for hydroxylation is 7. The van der Waals surface area contributed by atoms with Gasteiger partial charge >= 0.3 is 0 Å². The second-order valence-corrected chi connectivity index (χ2v) is 13.7. The normalized spacial score (nSPS) is 12.5. The fourth-order valence-corrected chi connectivity index (χ4v) is 7.56. The molecule has 0 saturated heterocycles. The molecule has 7 aromatic heterocycles. The Hall–Kier alpha value is -6.56. The first-order valence-electron chi connectivity index (χ1n) is 16.9. The van der Waals surface area contributed by atoms with E-state index < -0.39 is 0 Å². The number of H-pyrrole nitrogens is 3. The van der Waals surface area contributed by atoms with Crippen LogP contribution in [0.25, 0.3) is 91.4 Å². The molecule has 0 radical (unpaired) electrons. The third-order valence-corrected chi connectivity index (χ3v) is 9.73. The highest BCUT2D eigenvalue weighted by Gasteiger charge is 2.25. The topological polar surface area (TPSA) is 103 Å². The fraction of sp³-hybridized carbons (Fsp3) is 0.179. The summed E-state index contributed by atoms with van der Waals surface area (Å²) in [5, 5.41) is 0. The molecule has 3 N–H and O–H groups in total. The van der Waals surface area contributed by atoms with Crippen LogP contribution in [0.5, 0.6) is 0 Å². The van der Waals surface area contributed by atoms with Crippen LogP contribution in [0.2, 0.25) is 0 Å². The lowest BCUT2D eigenvalue weighted by Crippen LogP contribution is -2.23. The third kappa shape index (κ3) is 4.98. The van der Waals surface area contributed by atoms with Crippen LogP contribution < -0.4 is 18.3 Å². The molecule has 0 spiro atoms. The predicted octanol–water partition coefficient (Wildman–Crippen LogP) is 3.97. The molecule has 0 aliphatic carbocycles. The van der Waals surface area contributed by atoms with Gasteiger partial charge in [0.05, 0.1) is 116 Å².